The SMILES string of the molecule is CCC12SS1(=O)(I)S2. The van der Waals surface area contributed by atoms with Crippen LogP contribution < -0.4 is 0 Å². The lowest BCUT2D eigenvalue weighted by atomic mass is 10.6. The lowest BCUT2D eigenvalue weighted by Gasteiger charge is -1.88. The van der Waals surface area contributed by atoms with Gasteiger partial charge in [-0.3, -0.25) is 4.21 Å². The van der Waals surface area contributed by atoms with Gasteiger partial charge in [0.25, 0.3) is 0 Å². The van der Waals surface area contributed by atoms with Gasteiger partial charge in [-0.15, -0.1) is 0 Å². The molecule has 0 bridgehead atoms. The van der Waals surface area contributed by atoms with Gasteiger partial charge >= 0.3 is 0 Å². The molecule has 2 rings (SSSR count). The second-order valence-corrected chi connectivity index (χ2v) is 20.6. The van der Waals surface area contributed by atoms with Gasteiger partial charge in [0.2, 0.25) is 0 Å². The smallest absolute Gasteiger partial charge is 0.165 e. The fraction of sp³-hybridized carbons (Fsp3) is 1.00. The molecule has 2 aliphatic rings. The zero-order chi connectivity index (χ0) is 6.07. The molecule has 1 nitrogen and oxygen atoms in total. The van der Waals surface area contributed by atoms with Gasteiger partial charge in [0.05, 0.1) is 4.30 Å². The number of halogens is 1. The lowest BCUT2D eigenvalue weighted by molar-refractivity contribution is 0.691. The Morgan fingerprint density at radius 1 is 1.75 bits per heavy atom. The third-order valence-electron chi connectivity index (χ3n) is 1.42. The van der Waals surface area contributed by atoms with Crippen molar-refractivity contribution in [3.8, 4) is 0 Å². The first kappa shape index (κ1) is 6.30. The van der Waals surface area contributed by atoms with Gasteiger partial charge in [-0.25, -0.2) is 0 Å². The lowest BCUT2D eigenvalue weighted by Crippen LogP contribution is -1.82. The summed E-state index contributed by atoms with van der Waals surface area (Å²) in [6.07, 6.45) is 1.07. The van der Waals surface area contributed by atoms with Crippen LogP contribution in [0.5, 0.6) is 0 Å². The van der Waals surface area contributed by atoms with E-state index in [9.17, 15) is 4.21 Å². The molecule has 2 heterocycles. The molecule has 5 heteroatoms. The van der Waals surface area contributed by atoms with E-state index in [0.717, 1.165) is 6.42 Å². The molecule has 0 aromatic carbocycles. The Balaban J connectivity index is 2.39. The number of hydrogen-bond donors (Lipinski definition) is 0. The van der Waals surface area contributed by atoms with Crippen molar-refractivity contribution in [2.45, 2.75) is 16.8 Å². The average molecular weight is 280 g/mol. The molecule has 0 unspecified atom stereocenters. The Labute approximate surface area is 67.5 Å². The van der Waals surface area contributed by atoms with Crippen molar-refractivity contribution < 1.29 is 4.21 Å². The number of rotatable bonds is 1. The molecular formula is C3H5IOS3. The van der Waals surface area contributed by atoms with E-state index in [1.165, 1.54) is 0 Å². The summed E-state index contributed by atoms with van der Waals surface area (Å²) < 4.78 is 9.62. The van der Waals surface area contributed by atoms with E-state index >= 15 is 0 Å². The standard InChI is InChI=1S/C3H5IOS3/c1-2-3-6-8(3,4,5)7-3/h2H2,1H3. The minimum absolute atomic E-state index is 0.206. The first-order chi connectivity index (χ1) is 3.52. The first-order valence-corrected chi connectivity index (χ1v) is 9.50. The minimum atomic E-state index is -2.02. The highest BCUT2D eigenvalue weighted by atomic mass is 127. The van der Waals surface area contributed by atoms with E-state index in [0.29, 0.717) is 0 Å². The maximum atomic E-state index is 11.4. The summed E-state index contributed by atoms with van der Waals surface area (Å²) in [6.45, 7) is 2.10. The molecule has 0 aromatic rings. The predicted molar refractivity (Wildman–Crippen MR) is 50.4 cm³/mol. The molecule has 2 aliphatic heterocycles. The molecule has 8 heavy (non-hydrogen) atoms. The third-order valence-corrected chi connectivity index (χ3v) is 20.5. The summed E-state index contributed by atoms with van der Waals surface area (Å²) in [6, 6.07) is 0. The van der Waals surface area contributed by atoms with Crippen LogP contribution in [0.1, 0.15) is 13.3 Å². The molecule has 0 amide bonds. The Morgan fingerprint density at radius 2 is 2.12 bits per heavy atom. The zero-order valence-electron chi connectivity index (χ0n) is 4.22. The van der Waals surface area contributed by atoms with E-state index in [-0.39, 0.29) is 3.41 Å². The third kappa shape index (κ3) is 0.465. The highest BCUT2D eigenvalue weighted by Gasteiger charge is 2.92. The van der Waals surface area contributed by atoms with E-state index in [1.807, 2.05) is 0 Å². The zero-order valence-corrected chi connectivity index (χ0v) is 8.83. The van der Waals surface area contributed by atoms with Crippen molar-refractivity contribution >= 4 is 47.1 Å². The van der Waals surface area contributed by atoms with Crippen molar-refractivity contribution in [3.05, 3.63) is 0 Å². The van der Waals surface area contributed by atoms with E-state index in [2.05, 4.69) is 28.1 Å². The molecular weight excluding hydrogens is 275 g/mol. The maximum absolute atomic E-state index is 11.4. The van der Waals surface area contributed by atoms with E-state index in [1.54, 1.807) is 21.6 Å². The Hall–Kier alpha value is 1.58. The van der Waals surface area contributed by atoms with Gasteiger partial charge < -0.3 is 0 Å². The second kappa shape index (κ2) is 1.16. The van der Waals surface area contributed by atoms with Crippen LogP contribution in [0, 0.1) is 0 Å². The topological polar surface area (TPSA) is 17.1 Å². The molecule has 48 valence electrons. The van der Waals surface area contributed by atoms with Crippen LogP contribution in [0.3, 0.4) is 0 Å². The van der Waals surface area contributed by atoms with Gasteiger partial charge in [-0.1, -0.05) is 6.92 Å². The summed E-state index contributed by atoms with van der Waals surface area (Å²) >= 11 is 2.13. The van der Waals surface area contributed by atoms with Crippen molar-refractivity contribution in [1.82, 2.24) is 0 Å². The van der Waals surface area contributed by atoms with Crippen LogP contribution in [0.4, 0.5) is 0 Å². The van der Waals surface area contributed by atoms with Gasteiger partial charge in [0.15, 0.2) is 3.41 Å². The van der Waals surface area contributed by atoms with Gasteiger partial charge in [0.1, 0.15) is 0 Å². The quantitative estimate of drug-likeness (QED) is 0.318. The van der Waals surface area contributed by atoms with Crippen molar-refractivity contribution in [2.75, 3.05) is 0 Å². The molecule has 0 saturated carbocycles. The summed E-state index contributed by atoms with van der Waals surface area (Å²) in [5.41, 5.74) is 0. The Kier molecular flexibility index (Phi) is 0.917. The normalized spacial score (nSPS) is 57.5. The summed E-state index contributed by atoms with van der Waals surface area (Å²) in [4.78, 5) is 0. The fourth-order valence-corrected chi connectivity index (χ4v) is 23.3. The Bertz CT molecular complexity index is 213. The van der Waals surface area contributed by atoms with Crippen LogP contribution in [-0.2, 0) is 4.30 Å². The first-order valence-electron chi connectivity index (χ1n) is 2.33. The molecule has 0 spiro atoms. The van der Waals surface area contributed by atoms with Crippen LogP contribution in [-0.4, -0.2) is 7.62 Å². The average Bonchev–Trinajstić information content (AvgIpc) is 2.21. The monoisotopic (exact) mass is 280 g/mol. The molecule has 0 atom stereocenters. The van der Waals surface area contributed by atoms with Crippen LogP contribution in [0.25, 0.3) is 0 Å². The maximum Gasteiger partial charge on any atom is 0.165 e. The highest BCUT2D eigenvalue weighted by Crippen LogP contribution is 3.06. The summed E-state index contributed by atoms with van der Waals surface area (Å²) in [7, 11) is 3.35. The molecule has 0 aromatic heterocycles. The van der Waals surface area contributed by atoms with E-state index < -0.39 is 4.30 Å². The summed E-state index contributed by atoms with van der Waals surface area (Å²) in [5.74, 6) is 0. The molecule has 0 N–H and O–H groups in total. The molecule has 2 saturated heterocycles. The van der Waals surface area contributed by atoms with Crippen LogP contribution in [0.15, 0.2) is 0 Å². The molecule has 0 aliphatic carbocycles. The van der Waals surface area contributed by atoms with Gasteiger partial charge in [0, 0.05) is 21.2 Å². The summed E-state index contributed by atoms with van der Waals surface area (Å²) in [5, 5.41) is 0. The van der Waals surface area contributed by atoms with Crippen LogP contribution >= 0.6 is 42.8 Å². The highest BCUT2D eigenvalue weighted by molar-refractivity contribution is 14.2. The second-order valence-electron chi connectivity index (χ2n) is 1.92. The minimum Gasteiger partial charge on any atom is -0.250 e. The molecule has 0 radical (unpaired) electrons. The largest absolute Gasteiger partial charge is 0.250 e. The van der Waals surface area contributed by atoms with Crippen LogP contribution in [0.2, 0.25) is 0 Å². The van der Waals surface area contributed by atoms with Gasteiger partial charge in [-0.2, -0.15) is 0 Å². The number of hydrogen-bond acceptors (Lipinski definition) is 3. The fourth-order valence-electron chi connectivity index (χ4n) is 0.752. The Morgan fingerprint density at radius 3 is 2.12 bits per heavy atom. The van der Waals surface area contributed by atoms with Crippen molar-refractivity contribution in [2.24, 2.45) is 0 Å². The van der Waals surface area contributed by atoms with Crippen molar-refractivity contribution in [1.29, 1.82) is 0 Å². The number of fused-ring (bicyclic) bond motifs is 1. The molecule has 2 fully saturated rings. The predicted octanol–water partition coefficient (Wildman–Crippen LogP) is 2.54. The van der Waals surface area contributed by atoms with Gasteiger partial charge in [-0.05, 0) is 28.0 Å². The van der Waals surface area contributed by atoms with Crippen molar-refractivity contribution in [3.63, 3.8) is 0 Å². The van der Waals surface area contributed by atoms with E-state index in [4.69, 9.17) is 0 Å².